The number of rotatable bonds is 1. The maximum atomic E-state index is 11.3. The Balaban J connectivity index is 2.82. The van der Waals surface area contributed by atoms with Crippen LogP contribution in [0.3, 0.4) is 0 Å². The topological polar surface area (TPSA) is 78.6 Å². The minimum atomic E-state index is -3.77. The van der Waals surface area contributed by atoms with E-state index in [0.717, 1.165) is 11.1 Å². The molecule has 15 heavy (non-hydrogen) atoms. The third-order valence-electron chi connectivity index (χ3n) is 2.48. The van der Waals surface area contributed by atoms with Crippen molar-refractivity contribution in [1.29, 1.82) is 0 Å². The van der Waals surface area contributed by atoms with Crippen molar-refractivity contribution in [1.82, 2.24) is 0 Å². The Kier molecular flexibility index (Phi) is 2.13. The predicted octanol–water partition coefficient (Wildman–Crippen LogP) is 0.680. The molecule has 0 atom stereocenters. The molecule has 2 N–H and O–H groups in total. The summed E-state index contributed by atoms with van der Waals surface area (Å²) in [5, 5.41) is 5.09. The van der Waals surface area contributed by atoms with Gasteiger partial charge in [-0.2, -0.15) is 0 Å². The van der Waals surface area contributed by atoms with Crippen LogP contribution in [0.25, 0.3) is 0 Å². The highest BCUT2D eigenvalue weighted by Gasteiger charge is 2.24. The first-order chi connectivity index (χ1) is 6.91. The summed E-state index contributed by atoms with van der Waals surface area (Å²) in [6.45, 7) is 3.63. The number of fused-ring (bicyclic) bond motifs is 4. The molecule has 2 aliphatic heterocycles. The molecule has 0 radical (unpaired) electrons. The third-order valence-corrected chi connectivity index (χ3v) is 3.40. The summed E-state index contributed by atoms with van der Waals surface area (Å²) in [6, 6.07) is 1.40. The van der Waals surface area contributed by atoms with E-state index in [2.05, 4.69) is 0 Å². The van der Waals surface area contributed by atoms with Crippen molar-refractivity contribution in [3.8, 4) is 11.5 Å². The lowest BCUT2D eigenvalue weighted by Crippen LogP contribution is -2.14. The van der Waals surface area contributed by atoms with Crippen LogP contribution in [0, 0.1) is 13.8 Å². The van der Waals surface area contributed by atoms with Crippen molar-refractivity contribution in [3.05, 3.63) is 17.2 Å². The van der Waals surface area contributed by atoms with Crippen LogP contribution in [0.1, 0.15) is 11.1 Å². The van der Waals surface area contributed by atoms with Gasteiger partial charge in [-0.1, -0.05) is 0 Å². The van der Waals surface area contributed by atoms with E-state index in [0.29, 0.717) is 5.75 Å². The Morgan fingerprint density at radius 1 is 1.27 bits per heavy atom. The summed E-state index contributed by atoms with van der Waals surface area (Å²) >= 11 is 0. The molecular formula is C9H11NO4S. The van der Waals surface area contributed by atoms with Gasteiger partial charge in [0.1, 0.15) is 16.4 Å². The van der Waals surface area contributed by atoms with Gasteiger partial charge in [-0.15, -0.1) is 0 Å². The normalized spacial score (nSPS) is 14.3. The lowest BCUT2D eigenvalue weighted by atomic mass is 10.1. The van der Waals surface area contributed by atoms with E-state index in [-0.39, 0.29) is 17.4 Å². The lowest BCUT2D eigenvalue weighted by molar-refractivity contribution is 0.125. The molecule has 6 heteroatoms. The van der Waals surface area contributed by atoms with Crippen LogP contribution in [-0.2, 0) is 10.0 Å². The van der Waals surface area contributed by atoms with Gasteiger partial charge in [0, 0.05) is 6.07 Å². The number of hydrogen-bond acceptors (Lipinski definition) is 4. The van der Waals surface area contributed by atoms with Crippen molar-refractivity contribution in [3.63, 3.8) is 0 Å². The first kappa shape index (κ1) is 10.3. The van der Waals surface area contributed by atoms with Crippen molar-refractivity contribution in [2.75, 3.05) is 6.79 Å². The molecule has 1 aromatic rings. The summed E-state index contributed by atoms with van der Waals surface area (Å²) in [5.74, 6) is 0.786. The Morgan fingerprint density at radius 3 is 2.53 bits per heavy atom. The Hall–Kier alpha value is -1.27. The fraction of sp³-hybridized carbons (Fsp3) is 0.333. The van der Waals surface area contributed by atoms with Crippen molar-refractivity contribution in [2.24, 2.45) is 5.14 Å². The molecule has 1 aromatic carbocycles. The molecule has 0 saturated heterocycles. The van der Waals surface area contributed by atoms with E-state index in [1.54, 1.807) is 6.92 Å². The summed E-state index contributed by atoms with van der Waals surface area (Å²) in [7, 11) is -3.77. The van der Waals surface area contributed by atoms with Crippen LogP contribution in [-0.4, -0.2) is 15.2 Å². The molecule has 0 saturated carbocycles. The number of primary sulfonamides is 1. The van der Waals surface area contributed by atoms with Gasteiger partial charge in [-0.05, 0) is 25.0 Å². The number of nitrogens with two attached hydrogens (primary N) is 1. The van der Waals surface area contributed by atoms with E-state index >= 15 is 0 Å². The number of sulfonamides is 1. The molecule has 3 rings (SSSR count). The smallest absolute Gasteiger partial charge is 0.241 e. The fourth-order valence-electron chi connectivity index (χ4n) is 1.53. The molecule has 0 unspecified atom stereocenters. The van der Waals surface area contributed by atoms with Crippen molar-refractivity contribution >= 4 is 10.0 Å². The maximum Gasteiger partial charge on any atom is 0.241 e. The quantitative estimate of drug-likeness (QED) is 0.768. The maximum absolute atomic E-state index is 11.3. The van der Waals surface area contributed by atoms with Crippen LogP contribution in [0.15, 0.2) is 11.0 Å². The minimum Gasteiger partial charge on any atom is -0.457 e. The van der Waals surface area contributed by atoms with Crippen LogP contribution in [0.4, 0.5) is 0 Å². The van der Waals surface area contributed by atoms with E-state index in [4.69, 9.17) is 14.6 Å². The molecule has 0 aliphatic carbocycles. The molecule has 82 valence electrons. The highest BCUT2D eigenvalue weighted by atomic mass is 32.2. The molecule has 2 aliphatic rings. The average molecular weight is 229 g/mol. The van der Waals surface area contributed by atoms with E-state index in [1.165, 1.54) is 6.07 Å². The highest BCUT2D eigenvalue weighted by Crippen LogP contribution is 2.37. The summed E-state index contributed by atoms with van der Waals surface area (Å²) < 4.78 is 33.0. The number of benzene rings is 1. The first-order valence-corrected chi connectivity index (χ1v) is 5.88. The van der Waals surface area contributed by atoms with E-state index < -0.39 is 10.0 Å². The van der Waals surface area contributed by atoms with Gasteiger partial charge in [0.05, 0.1) is 0 Å². The molecule has 2 bridgehead atoms. The van der Waals surface area contributed by atoms with Crippen LogP contribution >= 0.6 is 0 Å². The van der Waals surface area contributed by atoms with Gasteiger partial charge < -0.3 is 9.47 Å². The van der Waals surface area contributed by atoms with Crippen LogP contribution in [0.5, 0.6) is 11.5 Å². The second kappa shape index (κ2) is 3.11. The zero-order valence-corrected chi connectivity index (χ0v) is 9.22. The molecule has 0 fully saturated rings. The Labute approximate surface area is 87.8 Å². The van der Waals surface area contributed by atoms with Gasteiger partial charge in [0.2, 0.25) is 16.8 Å². The summed E-state index contributed by atoms with van der Waals surface area (Å²) in [6.07, 6.45) is 0. The number of ether oxygens (including phenoxy) is 2. The minimum absolute atomic E-state index is 0.00880. The molecule has 2 heterocycles. The largest absolute Gasteiger partial charge is 0.457 e. The zero-order chi connectivity index (χ0) is 11.2. The number of hydrogen-bond donors (Lipinski definition) is 1. The standard InChI is InChI=1S/C9H11NO4S/c1-5-6(2)9-8(15(10,11)12)3-7(5)13-4-14-9/h3H,4H2,1-2H3,(H2,10,11,12). The van der Waals surface area contributed by atoms with Crippen LogP contribution < -0.4 is 14.6 Å². The summed E-state index contributed by atoms with van der Waals surface area (Å²) in [5.41, 5.74) is 1.61. The average Bonchev–Trinajstić information content (AvgIpc) is 2.41. The third kappa shape index (κ3) is 1.55. The van der Waals surface area contributed by atoms with Gasteiger partial charge in [0.25, 0.3) is 0 Å². The monoisotopic (exact) mass is 229 g/mol. The lowest BCUT2D eigenvalue weighted by Gasteiger charge is -2.09. The van der Waals surface area contributed by atoms with Crippen LogP contribution in [0.2, 0.25) is 0 Å². The van der Waals surface area contributed by atoms with Gasteiger partial charge in [-0.3, -0.25) is 0 Å². The molecule has 5 nitrogen and oxygen atoms in total. The highest BCUT2D eigenvalue weighted by molar-refractivity contribution is 7.89. The molecular weight excluding hydrogens is 218 g/mol. The van der Waals surface area contributed by atoms with Crippen molar-refractivity contribution < 1.29 is 17.9 Å². The van der Waals surface area contributed by atoms with Crippen molar-refractivity contribution in [2.45, 2.75) is 18.7 Å². The zero-order valence-electron chi connectivity index (χ0n) is 8.40. The van der Waals surface area contributed by atoms with Gasteiger partial charge in [-0.25, -0.2) is 13.6 Å². The molecule has 0 amide bonds. The first-order valence-electron chi connectivity index (χ1n) is 4.34. The van der Waals surface area contributed by atoms with Gasteiger partial charge >= 0.3 is 0 Å². The van der Waals surface area contributed by atoms with E-state index in [1.807, 2.05) is 6.92 Å². The molecule has 0 spiro atoms. The Morgan fingerprint density at radius 2 is 1.93 bits per heavy atom. The van der Waals surface area contributed by atoms with Gasteiger partial charge in [0.15, 0.2) is 0 Å². The van der Waals surface area contributed by atoms with E-state index in [9.17, 15) is 8.42 Å². The second-order valence-corrected chi connectivity index (χ2v) is 4.93. The molecule has 0 aromatic heterocycles. The Bertz CT molecular complexity index is 521. The summed E-state index contributed by atoms with van der Waals surface area (Å²) in [4.78, 5) is -0.0156. The fourth-order valence-corrected chi connectivity index (χ4v) is 2.27. The SMILES string of the molecule is Cc1c2cc(S(N)(=O)=O)c(c1C)OCO2. The predicted molar refractivity (Wildman–Crippen MR) is 53.4 cm³/mol. The second-order valence-electron chi connectivity index (χ2n) is 3.40.